The molecule has 0 aromatic rings. The molecular weight excluding hydrogens is 142 g/mol. The van der Waals surface area contributed by atoms with E-state index in [9.17, 15) is 4.79 Å². The zero-order valence-electron chi connectivity index (χ0n) is 7.05. The van der Waals surface area contributed by atoms with Gasteiger partial charge < -0.3 is 10.8 Å². The van der Waals surface area contributed by atoms with Crippen LogP contribution in [0.5, 0.6) is 0 Å². The molecule has 0 radical (unpaired) electrons. The maximum atomic E-state index is 10.4. The van der Waals surface area contributed by atoms with Gasteiger partial charge >= 0.3 is 0 Å². The SMILES string of the molecule is CCCC(CO)CCC(N)=O. The first-order chi connectivity index (χ1) is 5.20. The molecule has 66 valence electrons. The Bertz CT molecular complexity index is 115. The van der Waals surface area contributed by atoms with Gasteiger partial charge in [-0.25, -0.2) is 0 Å². The van der Waals surface area contributed by atoms with Crippen molar-refractivity contribution < 1.29 is 9.90 Å². The summed E-state index contributed by atoms with van der Waals surface area (Å²) in [4.78, 5) is 10.4. The predicted molar refractivity (Wildman–Crippen MR) is 43.9 cm³/mol. The quantitative estimate of drug-likeness (QED) is 0.598. The summed E-state index contributed by atoms with van der Waals surface area (Å²) in [5.74, 6) is -0.0212. The van der Waals surface area contributed by atoms with Crippen molar-refractivity contribution in [2.75, 3.05) is 6.61 Å². The molecule has 0 rings (SSSR count). The Kier molecular flexibility index (Phi) is 5.84. The summed E-state index contributed by atoms with van der Waals surface area (Å²) in [7, 11) is 0. The van der Waals surface area contributed by atoms with Gasteiger partial charge in [-0.2, -0.15) is 0 Å². The highest BCUT2D eigenvalue weighted by atomic mass is 16.3. The van der Waals surface area contributed by atoms with Crippen LogP contribution in [0.4, 0.5) is 0 Å². The van der Waals surface area contributed by atoms with E-state index in [0.29, 0.717) is 6.42 Å². The van der Waals surface area contributed by atoms with E-state index >= 15 is 0 Å². The number of carbonyl (C=O) groups excluding carboxylic acids is 1. The molecule has 0 saturated carbocycles. The molecule has 0 aromatic carbocycles. The second kappa shape index (κ2) is 6.16. The highest BCUT2D eigenvalue weighted by molar-refractivity contribution is 5.73. The van der Waals surface area contributed by atoms with Crippen molar-refractivity contribution in [1.29, 1.82) is 0 Å². The smallest absolute Gasteiger partial charge is 0.217 e. The zero-order chi connectivity index (χ0) is 8.69. The summed E-state index contributed by atoms with van der Waals surface area (Å²) in [6.07, 6.45) is 3.14. The second-order valence-corrected chi connectivity index (χ2v) is 2.84. The van der Waals surface area contributed by atoms with E-state index in [1.807, 2.05) is 0 Å². The Morgan fingerprint density at radius 3 is 2.55 bits per heavy atom. The van der Waals surface area contributed by atoms with Gasteiger partial charge in [0.2, 0.25) is 5.91 Å². The topological polar surface area (TPSA) is 63.3 Å². The minimum atomic E-state index is -0.278. The molecule has 1 unspecified atom stereocenters. The number of primary amides is 1. The molecule has 0 fully saturated rings. The molecule has 1 atom stereocenters. The molecular formula is C8H17NO2. The lowest BCUT2D eigenvalue weighted by atomic mass is 9.99. The fourth-order valence-electron chi connectivity index (χ4n) is 1.08. The van der Waals surface area contributed by atoms with Gasteiger partial charge in [-0.15, -0.1) is 0 Å². The first kappa shape index (κ1) is 10.4. The van der Waals surface area contributed by atoms with Crippen molar-refractivity contribution in [2.24, 2.45) is 11.7 Å². The van der Waals surface area contributed by atoms with Gasteiger partial charge in [0.05, 0.1) is 0 Å². The largest absolute Gasteiger partial charge is 0.396 e. The van der Waals surface area contributed by atoms with E-state index in [1.54, 1.807) is 0 Å². The lowest BCUT2D eigenvalue weighted by molar-refractivity contribution is -0.118. The Balaban J connectivity index is 3.43. The number of nitrogens with two attached hydrogens (primary N) is 1. The van der Waals surface area contributed by atoms with Gasteiger partial charge in [0.25, 0.3) is 0 Å². The number of carbonyl (C=O) groups is 1. The molecule has 3 N–H and O–H groups in total. The predicted octanol–water partition coefficient (Wildman–Crippen LogP) is 0.661. The van der Waals surface area contributed by atoms with Crippen LogP contribution in [0.1, 0.15) is 32.6 Å². The van der Waals surface area contributed by atoms with Gasteiger partial charge in [-0.3, -0.25) is 4.79 Å². The minimum absolute atomic E-state index is 0.168. The average molecular weight is 159 g/mol. The van der Waals surface area contributed by atoms with Crippen LogP contribution in [-0.2, 0) is 4.79 Å². The number of amides is 1. The molecule has 0 bridgehead atoms. The summed E-state index contributed by atoms with van der Waals surface area (Å²) in [6.45, 7) is 2.23. The fraction of sp³-hybridized carbons (Fsp3) is 0.875. The Labute approximate surface area is 67.6 Å². The summed E-state index contributed by atoms with van der Waals surface area (Å²) < 4.78 is 0. The standard InChI is InChI=1S/C8H17NO2/c1-2-3-7(6-10)4-5-8(9)11/h7,10H,2-6H2,1H3,(H2,9,11). The van der Waals surface area contributed by atoms with Gasteiger partial charge in [0, 0.05) is 13.0 Å². The van der Waals surface area contributed by atoms with Crippen LogP contribution < -0.4 is 5.73 Å². The van der Waals surface area contributed by atoms with Crippen LogP contribution in [0.15, 0.2) is 0 Å². The third-order valence-corrected chi connectivity index (χ3v) is 1.75. The third kappa shape index (κ3) is 5.85. The Morgan fingerprint density at radius 2 is 2.18 bits per heavy atom. The highest BCUT2D eigenvalue weighted by Crippen LogP contribution is 2.11. The van der Waals surface area contributed by atoms with E-state index in [0.717, 1.165) is 19.3 Å². The van der Waals surface area contributed by atoms with Gasteiger partial charge in [-0.1, -0.05) is 13.3 Å². The first-order valence-electron chi connectivity index (χ1n) is 4.09. The van der Waals surface area contributed by atoms with E-state index in [4.69, 9.17) is 10.8 Å². The second-order valence-electron chi connectivity index (χ2n) is 2.84. The Morgan fingerprint density at radius 1 is 1.55 bits per heavy atom. The van der Waals surface area contributed by atoms with Gasteiger partial charge in [0.15, 0.2) is 0 Å². The number of aliphatic hydroxyl groups is 1. The normalized spacial score (nSPS) is 12.9. The van der Waals surface area contributed by atoms with E-state index < -0.39 is 0 Å². The highest BCUT2D eigenvalue weighted by Gasteiger charge is 2.06. The maximum absolute atomic E-state index is 10.4. The van der Waals surface area contributed by atoms with Crippen LogP contribution in [0, 0.1) is 5.92 Å². The van der Waals surface area contributed by atoms with E-state index in [1.165, 1.54) is 0 Å². The summed E-state index contributed by atoms with van der Waals surface area (Å²) in [6, 6.07) is 0. The number of rotatable bonds is 6. The molecule has 0 aliphatic rings. The zero-order valence-corrected chi connectivity index (χ0v) is 7.05. The lowest BCUT2D eigenvalue weighted by Gasteiger charge is -2.10. The summed E-state index contributed by atoms with van der Waals surface area (Å²) >= 11 is 0. The molecule has 1 amide bonds. The number of hydrogen-bond acceptors (Lipinski definition) is 2. The molecule has 0 aromatic heterocycles. The van der Waals surface area contributed by atoms with Crippen molar-refractivity contribution in [3.05, 3.63) is 0 Å². The Hall–Kier alpha value is -0.570. The first-order valence-corrected chi connectivity index (χ1v) is 4.09. The summed E-state index contributed by atoms with van der Waals surface area (Å²) in [5, 5.41) is 8.82. The molecule has 3 heteroatoms. The third-order valence-electron chi connectivity index (χ3n) is 1.75. The van der Waals surface area contributed by atoms with Crippen LogP contribution in [0.25, 0.3) is 0 Å². The van der Waals surface area contributed by atoms with Gasteiger partial charge in [-0.05, 0) is 18.8 Å². The molecule has 0 saturated heterocycles. The number of hydrogen-bond donors (Lipinski definition) is 2. The van der Waals surface area contributed by atoms with Crippen LogP contribution >= 0.6 is 0 Å². The van der Waals surface area contributed by atoms with Crippen LogP contribution in [0.3, 0.4) is 0 Å². The van der Waals surface area contributed by atoms with Crippen LogP contribution in [-0.4, -0.2) is 17.6 Å². The number of aliphatic hydroxyl groups excluding tert-OH is 1. The molecule has 11 heavy (non-hydrogen) atoms. The average Bonchev–Trinajstić information content (AvgIpc) is 1.97. The lowest BCUT2D eigenvalue weighted by Crippen LogP contribution is -2.14. The summed E-state index contributed by atoms with van der Waals surface area (Å²) in [5.41, 5.74) is 4.97. The molecule has 0 aliphatic carbocycles. The van der Waals surface area contributed by atoms with Crippen molar-refractivity contribution >= 4 is 5.91 Å². The van der Waals surface area contributed by atoms with Crippen molar-refractivity contribution in [3.8, 4) is 0 Å². The van der Waals surface area contributed by atoms with E-state index in [2.05, 4.69) is 6.92 Å². The fourth-order valence-corrected chi connectivity index (χ4v) is 1.08. The molecule has 0 aliphatic heterocycles. The minimum Gasteiger partial charge on any atom is -0.396 e. The van der Waals surface area contributed by atoms with Crippen molar-refractivity contribution in [2.45, 2.75) is 32.6 Å². The molecule has 3 nitrogen and oxygen atoms in total. The van der Waals surface area contributed by atoms with Crippen LogP contribution in [0.2, 0.25) is 0 Å². The van der Waals surface area contributed by atoms with Gasteiger partial charge in [0.1, 0.15) is 0 Å². The molecule has 0 spiro atoms. The van der Waals surface area contributed by atoms with Crippen molar-refractivity contribution in [1.82, 2.24) is 0 Å². The maximum Gasteiger partial charge on any atom is 0.217 e. The molecule has 0 heterocycles. The monoisotopic (exact) mass is 159 g/mol. The van der Waals surface area contributed by atoms with E-state index in [-0.39, 0.29) is 18.4 Å². The van der Waals surface area contributed by atoms with Crippen molar-refractivity contribution in [3.63, 3.8) is 0 Å².